The van der Waals surface area contributed by atoms with Crippen LogP contribution in [0.2, 0.25) is 0 Å². The van der Waals surface area contributed by atoms with Crippen LogP contribution < -0.4 is 5.32 Å². The molecule has 2 aromatic carbocycles. The summed E-state index contributed by atoms with van der Waals surface area (Å²) in [6.45, 7) is 7.23. The van der Waals surface area contributed by atoms with Crippen molar-refractivity contribution in [2.24, 2.45) is 21.6 Å². The molecular weight excluding hydrogens is 428 g/mol. The molecule has 2 aromatic rings. The van der Waals surface area contributed by atoms with Crippen molar-refractivity contribution in [2.75, 3.05) is 5.32 Å². The Kier molecular flexibility index (Phi) is 6.64. The largest absolute Gasteiger partial charge is 0.325 e. The number of azo groups is 1. The van der Waals surface area contributed by atoms with Crippen LogP contribution >= 0.6 is 0 Å². The number of imide groups is 1. The van der Waals surface area contributed by atoms with Gasteiger partial charge in [0, 0.05) is 11.7 Å². The van der Waals surface area contributed by atoms with Gasteiger partial charge in [0.25, 0.3) is 0 Å². The van der Waals surface area contributed by atoms with Gasteiger partial charge in [-0.1, -0.05) is 37.5 Å². The quantitative estimate of drug-likeness (QED) is 0.337. The minimum Gasteiger partial charge on any atom is -0.325 e. The number of hydrogen-bond acceptors (Lipinski definition) is 5. The van der Waals surface area contributed by atoms with Crippen LogP contribution in [0.15, 0.2) is 52.7 Å². The summed E-state index contributed by atoms with van der Waals surface area (Å²) >= 11 is 0. The molecule has 1 saturated carbocycles. The number of hydrogen-bond donors (Lipinski definition) is 1. The third kappa shape index (κ3) is 4.52. The minimum absolute atomic E-state index is 0.0922. The topological polar surface area (TPSA) is 91.2 Å². The van der Waals surface area contributed by atoms with Crippen molar-refractivity contribution in [3.05, 3.63) is 53.6 Å². The van der Waals surface area contributed by atoms with Gasteiger partial charge in [0.2, 0.25) is 17.7 Å². The Morgan fingerprint density at radius 1 is 0.971 bits per heavy atom. The van der Waals surface area contributed by atoms with Gasteiger partial charge in [0.1, 0.15) is 5.92 Å². The standard InChI is InChI=1S/C27H32N4O3/c1-17-10-8-9-13-22(17)30-29-19-14-15-21(18(2)16-19)28-24(32)23-25(33)31(26(34)27(23,3)4)20-11-6-5-7-12-20/h8-10,13-16,20,23H,5-7,11-12H2,1-4H3,(H,28,32). The molecule has 178 valence electrons. The van der Waals surface area contributed by atoms with Crippen LogP contribution in [0, 0.1) is 25.2 Å². The van der Waals surface area contributed by atoms with Crippen molar-refractivity contribution >= 4 is 34.8 Å². The first-order valence-electron chi connectivity index (χ1n) is 12.0. The lowest BCUT2D eigenvalue weighted by Gasteiger charge is -2.30. The number of nitrogens with zero attached hydrogens (tertiary/aromatic N) is 3. The molecule has 1 N–H and O–H groups in total. The van der Waals surface area contributed by atoms with Gasteiger partial charge >= 0.3 is 0 Å². The molecule has 1 unspecified atom stereocenters. The summed E-state index contributed by atoms with van der Waals surface area (Å²) in [7, 11) is 0. The fraction of sp³-hybridized carbons (Fsp3) is 0.444. The zero-order valence-corrected chi connectivity index (χ0v) is 20.3. The van der Waals surface area contributed by atoms with E-state index in [0.29, 0.717) is 11.4 Å². The van der Waals surface area contributed by atoms with Crippen molar-refractivity contribution in [3.63, 3.8) is 0 Å². The van der Waals surface area contributed by atoms with Crippen LogP contribution in [-0.4, -0.2) is 28.7 Å². The predicted octanol–water partition coefficient (Wildman–Crippen LogP) is 6.00. The number of aryl methyl sites for hydroxylation is 2. The maximum absolute atomic E-state index is 13.3. The number of anilines is 1. The average molecular weight is 461 g/mol. The van der Waals surface area contributed by atoms with E-state index < -0.39 is 17.2 Å². The van der Waals surface area contributed by atoms with Crippen LogP contribution in [0.3, 0.4) is 0 Å². The molecule has 1 saturated heterocycles. The van der Waals surface area contributed by atoms with Crippen molar-refractivity contribution in [2.45, 2.75) is 65.8 Å². The second-order valence-electron chi connectivity index (χ2n) is 9.93. The Morgan fingerprint density at radius 2 is 1.68 bits per heavy atom. The van der Waals surface area contributed by atoms with Crippen LogP contribution in [0.4, 0.5) is 17.1 Å². The highest BCUT2D eigenvalue weighted by Crippen LogP contribution is 2.41. The minimum atomic E-state index is -1.08. The zero-order valence-electron chi connectivity index (χ0n) is 20.3. The summed E-state index contributed by atoms with van der Waals surface area (Å²) in [6.07, 6.45) is 4.77. The van der Waals surface area contributed by atoms with Crippen molar-refractivity contribution < 1.29 is 14.4 Å². The highest BCUT2D eigenvalue weighted by Gasteiger charge is 2.58. The van der Waals surface area contributed by atoms with Gasteiger partial charge in [-0.05, 0) is 75.9 Å². The molecular formula is C27H32N4O3. The van der Waals surface area contributed by atoms with Crippen molar-refractivity contribution in [3.8, 4) is 0 Å². The lowest BCUT2D eigenvalue weighted by molar-refractivity contribution is -0.144. The average Bonchev–Trinajstić information content (AvgIpc) is 2.99. The Bertz CT molecular complexity index is 1150. The summed E-state index contributed by atoms with van der Waals surface area (Å²) in [5.41, 5.74) is 2.81. The normalized spacial score (nSPS) is 20.8. The number of likely N-dealkylation sites (tertiary alicyclic amines) is 1. The molecule has 1 aliphatic carbocycles. The van der Waals surface area contributed by atoms with E-state index in [1.165, 1.54) is 4.90 Å². The van der Waals surface area contributed by atoms with E-state index in [2.05, 4.69) is 15.5 Å². The smallest absolute Gasteiger partial charge is 0.243 e. The fourth-order valence-electron chi connectivity index (χ4n) is 4.95. The second kappa shape index (κ2) is 9.49. The molecule has 7 heteroatoms. The molecule has 0 radical (unpaired) electrons. The van der Waals surface area contributed by atoms with Gasteiger partial charge in [-0.15, -0.1) is 0 Å². The maximum atomic E-state index is 13.3. The summed E-state index contributed by atoms with van der Waals surface area (Å²) in [5.74, 6) is -2.10. The van der Waals surface area contributed by atoms with Crippen molar-refractivity contribution in [1.29, 1.82) is 0 Å². The zero-order chi connectivity index (χ0) is 24.5. The van der Waals surface area contributed by atoms with E-state index in [4.69, 9.17) is 0 Å². The first-order chi connectivity index (χ1) is 16.2. The third-order valence-corrected chi connectivity index (χ3v) is 7.03. The monoisotopic (exact) mass is 460 g/mol. The molecule has 1 atom stereocenters. The van der Waals surface area contributed by atoms with Crippen LogP contribution in [0.25, 0.3) is 0 Å². The van der Waals surface area contributed by atoms with Crippen LogP contribution in [0.1, 0.15) is 57.1 Å². The summed E-state index contributed by atoms with van der Waals surface area (Å²) < 4.78 is 0. The number of carbonyl (C=O) groups is 3. The molecule has 0 bridgehead atoms. The molecule has 2 fully saturated rings. The highest BCUT2D eigenvalue weighted by atomic mass is 16.2. The maximum Gasteiger partial charge on any atom is 0.243 e. The van der Waals surface area contributed by atoms with Gasteiger partial charge < -0.3 is 5.32 Å². The second-order valence-corrected chi connectivity index (χ2v) is 9.93. The molecule has 4 rings (SSSR count). The van der Waals surface area contributed by atoms with Crippen LogP contribution in [0.5, 0.6) is 0 Å². The fourth-order valence-corrected chi connectivity index (χ4v) is 4.95. The van der Waals surface area contributed by atoms with E-state index in [9.17, 15) is 14.4 Å². The van der Waals surface area contributed by atoms with E-state index >= 15 is 0 Å². The van der Waals surface area contributed by atoms with E-state index in [0.717, 1.165) is 48.9 Å². The van der Waals surface area contributed by atoms with E-state index in [1.54, 1.807) is 26.0 Å². The van der Waals surface area contributed by atoms with Crippen LogP contribution in [-0.2, 0) is 14.4 Å². The summed E-state index contributed by atoms with van der Waals surface area (Å²) in [4.78, 5) is 41.0. The Balaban J connectivity index is 1.50. The number of nitrogens with one attached hydrogen (secondary N) is 1. The number of benzene rings is 2. The molecule has 2 aliphatic rings. The Hall–Kier alpha value is -3.35. The molecule has 7 nitrogen and oxygen atoms in total. The lowest BCUT2D eigenvalue weighted by atomic mass is 9.80. The van der Waals surface area contributed by atoms with Gasteiger partial charge in [0.15, 0.2) is 0 Å². The molecule has 0 aromatic heterocycles. The first kappa shape index (κ1) is 23.8. The van der Waals surface area contributed by atoms with Gasteiger partial charge in [-0.2, -0.15) is 10.2 Å². The number of amides is 3. The van der Waals surface area contributed by atoms with Gasteiger partial charge in [-0.25, -0.2) is 0 Å². The molecule has 1 heterocycles. The van der Waals surface area contributed by atoms with Crippen molar-refractivity contribution in [1.82, 2.24) is 4.90 Å². The number of carbonyl (C=O) groups excluding carboxylic acids is 3. The molecule has 34 heavy (non-hydrogen) atoms. The predicted molar refractivity (Wildman–Crippen MR) is 131 cm³/mol. The highest BCUT2D eigenvalue weighted by molar-refractivity contribution is 6.19. The van der Waals surface area contributed by atoms with E-state index in [1.807, 2.05) is 44.2 Å². The van der Waals surface area contributed by atoms with Gasteiger partial charge in [0.05, 0.1) is 16.8 Å². The molecule has 3 amide bonds. The molecule has 0 spiro atoms. The third-order valence-electron chi connectivity index (χ3n) is 7.03. The summed E-state index contributed by atoms with van der Waals surface area (Å²) in [6, 6.07) is 13.0. The first-order valence-corrected chi connectivity index (χ1v) is 12.0. The summed E-state index contributed by atoms with van der Waals surface area (Å²) in [5, 5.41) is 11.5. The Labute approximate surface area is 200 Å². The lowest BCUT2D eigenvalue weighted by Crippen LogP contribution is -2.42. The SMILES string of the molecule is Cc1ccccc1N=Nc1ccc(NC(=O)C2C(=O)N(C3CCCCC3)C(=O)C2(C)C)c(C)c1. The molecule has 1 aliphatic heterocycles. The van der Waals surface area contributed by atoms with E-state index in [-0.39, 0.29) is 17.9 Å². The van der Waals surface area contributed by atoms with Gasteiger partial charge in [-0.3, -0.25) is 19.3 Å². The Morgan fingerprint density at radius 3 is 2.35 bits per heavy atom. The number of rotatable bonds is 5.